The fourth-order valence-electron chi connectivity index (χ4n) is 3.51. The number of amides is 1. The predicted molar refractivity (Wildman–Crippen MR) is 109 cm³/mol. The molecule has 28 heavy (non-hydrogen) atoms. The van der Waals surface area contributed by atoms with E-state index in [9.17, 15) is 4.79 Å². The highest BCUT2D eigenvalue weighted by molar-refractivity contribution is 7.99. The Hall–Kier alpha value is -2.61. The molecule has 0 spiro atoms. The summed E-state index contributed by atoms with van der Waals surface area (Å²) in [6.45, 7) is 0. The Morgan fingerprint density at radius 3 is 2.82 bits per heavy atom. The molecule has 1 N–H and O–H groups in total. The summed E-state index contributed by atoms with van der Waals surface area (Å²) in [7, 11) is 1.64. The largest absolute Gasteiger partial charge is 0.496 e. The Labute approximate surface area is 167 Å². The Kier molecular flexibility index (Phi) is 5.76. The number of para-hydroxylation sites is 1. The summed E-state index contributed by atoms with van der Waals surface area (Å²) in [5.41, 5.74) is 2.30. The Morgan fingerprint density at radius 1 is 1.18 bits per heavy atom. The van der Waals surface area contributed by atoms with Gasteiger partial charge in [-0.25, -0.2) is 0 Å². The molecule has 0 atom stereocenters. The van der Waals surface area contributed by atoms with Crippen LogP contribution < -0.4 is 10.1 Å². The summed E-state index contributed by atoms with van der Waals surface area (Å²) in [5.74, 6) is 1.09. The van der Waals surface area contributed by atoms with E-state index in [-0.39, 0.29) is 5.91 Å². The molecule has 2 heterocycles. The van der Waals surface area contributed by atoms with Crippen molar-refractivity contribution in [1.29, 1.82) is 0 Å². The molecule has 0 bridgehead atoms. The van der Waals surface area contributed by atoms with Gasteiger partial charge in [-0.2, -0.15) is 9.61 Å². The fraction of sp³-hybridized carbons (Fsp3) is 0.400. The second kappa shape index (κ2) is 8.60. The third-order valence-electron chi connectivity index (χ3n) is 4.92. The van der Waals surface area contributed by atoms with Crippen LogP contribution >= 0.6 is 11.8 Å². The van der Waals surface area contributed by atoms with E-state index in [4.69, 9.17) is 4.74 Å². The standard InChI is InChI=1S/C20H23N5O2S/c1-27-17-10-6-5-9-15(17)16-11-12-18-22-23-20(25(18)24-16)28-13-19(26)21-14-7-3-2-4-8-14/h5-6,9-12,14H,2-4,7-8,13H2,1H3,(H,21,26). The van der Waals surface area contributed by atoms with Crippen molar-refractivity contribution in [2.24, 2.45) is 0 Å². The van der Waals surface area contributed by atoms with E-state index in [1.54, 1.807) is 11.6 Å². The quantitative estimate of drug-likeness (QED) is 0.643. The number of nitrogens with one attached hydrogen (secondary N) is 1. The van der Waals surface area contributed by atoms with Crippen LogP contribution in [0, 0.1) is 0 Å². The molecule has 1 aromatic carbocycles. The van der Waals surface area contributed by atoms with E-state index >= 15 is 0 Å². The van der Waals surface area contributed by atoms with Crippen molar-refractivity contribution >= 4 is 23.3 Å². The monoisotopic (exact) mass is 397 g/mol. The van der Waals surface area contributed by atoms with Gasteiger partial charge in [-0.05, 0) is 37.1 Å². The molecule has 1 aliphatic carbocycles. The summed E-state index contributed by atoms with van der Waals surface area (Å²) in [6.07, 6.45) is 5.82. The zero-order valence-corrected chi connectivity index (χ0v) is 16.6. The van der Waals surface area contributed by atoms with Crippen molar-refractivity contribution in [1.82, 2.24) is 25.1 Å². The lowest BCUT2D eigenvalue weighted by molar-refractivity contribution is -0.119. The first kappa shape index (κ1) is 18.7. The summed E-state index contributed by atoms with van der Waals surface area (Å²) < 4.78 is 7.12. The second-order valence-corrected chi connectivity index (χ2v) is 7.81. The molecule has 1 amide bonds. The molecular formula is C20H23N5O2S. The van der Waals surface area contributed by atoms with Gasteiger partial charge >= 0.3 is 0 Å². The van der Waals surface area contributed by atoms with Gasteiger partial charge in [0.1, 0.15) is 5.75 Å². The van der Waals surface area contributed by atoms with Gasteiger partial charge in [0, 0.05) is 11.6 Å². The lowest BCUT2D eigenvalue weighted by Crippen LogP contribution is -2.37. The molecule has 0 unspecified atom stereocenters. The SMILES string of the molecule is COc1ccccc1-c1ccc2nnc(SCC(=O)NC3CCCCC3)n2n1. The van der Waals surface area contributed by atoms with E-state index in [0.717, 1.165) is 29.8 Å². The maximum absolute atomic E-state index is 12.3. The van der Waals surface area contributed by atoms with Gasteiger partial charge in [0.2, 0.25) is 11.1 Å². The molecule has 8 heteroatoms. The van der Waals surface area contributed by atoms with Crippen LogP contribution in [-0.4, -0.2) is 44.6 Å². The molecule has 1 fully saturated rings. The van der Waals surface area contributed by atoms with Crippen LogP contribution in [0.2, 0.25) is 0 Å². The number of carbonyl (C=O) groups is 1. The molecule has 3 aromatic rings. The maximum Gasteiger partial charge on any atom is 0.230 e. The first-order valence-electron chi connectivity index (χ1n) is 9.52. The summed E-state index contributed by atoms with van der Waals surface area (Å²) in [5, 5.41) is 16.7. The van der Waals surface area contributed by atoms with Gasteiger partial charge in [0.15, 0.2) is 5.65 Å². The van der Waals surface area contributed by atoms with E-state index in [2.05, 4.69) is 20.6 Å². The van der Waals surface area contributed by atoms with Crippen LogP contribution in [0.15, 0.2) is 41.6 Å². The molecule has 1 aliphatic rings. The van der Waals surface area contributed by atoms with Crippen molar-refractivity contribution in [3.05, 3.63) is 36.4 Å². The normalized spacial score (nSPS) is 14.9. The Bertz CT molecular complexity index is 968. The number of thioether (sulfide) groups is 1. The first-order valence-corrected chi connectivity index (χ1v) is 10.5. The minimum atomic E-state index is 0.0366. The second-order valence-electron chi connectivity index (χ2n) is 6.86. The summed E-state index contributed by atoms with van der Waals surface area (Å²) >= 11 is 1.35. The zero-order valence-electron chi connectivity index (χ0n) is 15.8. The number of nitrogens with zero attached hydrogens (tertiary/aromatic N) is 4. The molecule has 0 radical (unpaired) electrons. The lowest BCUT2D eigenvalue weighted by atomic mass is 9.95. The average molecular weight is 398 g/mol. The van der Waals surface area contributed by atoms with Crippen molar-refractivity contribution < 1.29 is 9.53 Å². The molecule has 4 rings (SSSR count). The number of fused-ring (bicyclic) bond motifs is 1. The highest BCUT2D eigenvalue weighted by Crippen LogP contribution is 2.28. The van der Waals surface area contributed by atoms with Crippen LogP contribution in [0.3, 0.4) is 0 Å². The van der Waals surface area contributed by atoms with Gasteiger partial charge in [0.05, 0.1) is 18.6 Å². The minimum Gasteiger partial charge on any atom is -0.496 e. The summed E-state index contributed by atoms with van der Waals surface area (Å²) in [4.78, 5) is 12.3. The number of hydrogen-bond donors (Lipinski definition) is 1. The molecule has 0 saturated heterocycles. The van der Waals surface area contributed by atoms with E-state index < -0.39 is 0 Å². The first-order chi connectivity index (χ1) is 13.7. The summed E-state index contributed by atoms with van der Waals surface area (Å²) in [6, 6.07) is 11.8. The van der Waals surface area contributed by atoms with Gasteiger partial charge in [-0.3, -0.25) is 4.79 Å². The minimum absolute atomic E-state index is 0.0366. The van der Waals surface area contributed by atoms with Crippen LogP contribution in [0.5, 0.6) is 5.75 Å². The van der Waals surface area contributed by atoms with Crippen LogP contribution in [0.4, 0.5) is 0 Å². The Morgan fingerprint density at radius 2 is 2.00 bits per heavy atom. The third kappa shape index (κ3) is 4.11. The number of benzene rings is 1. The smallest absolute Gasteiger partial charge is 0.230 e. The van der Waals surface area contributed by atoms with Crippen molar-refractivity contribution in [3.63, 3.8) is 0 Å². The van der Waals surface area contributed by atoms with E-state index in [0.29, 0.717) is 22.6 Å². The van der Waals surface area contributed by atoms with Gasteiger partial charge in [-0.15, -0.1) is 10.2 Å². The molecule has 146 valence electrons. The number of aromatic nitrogens is 4. The predicted octanol–water partition coefficient (Wildman–Crippen LogP) is 3.34. The van der Waals surface area contributed by atoms with E-state index in [1.807, 2.05) is 36.4 Å². The maximum atomic E-state index is 12.3. The molecular weight excluding hydrogens is 374 g/mol. The Balaban J connectivity index is 1.49. The molecule has 2 aromatic heterocycles. The highest BCUT2D eigenvalue weighted by Gasteiger charge is 2.17. The van der Waals surface area contributed by atoms with Gasteiger partial charge in [-0.1, -0.05) is 43.2 Å². The number of rotatable bonds is 6. The number of hydrogen-bond acceptors (Lipinski definition) is 6. The lowest BCUT2D eigenvalue weighted by Gasteiger charge is -2.22. The third-order valence-corrected chi connectivity index (χ3v) is 5.84. The van der Waals surface area contributed by atoms with Crippen LogP contribution in [0.25, 0.3) is 16.9 Å². The van der Waals surface area contributed by atoms with Gasteiger partial charge < -0.3 is 10.1 Å². The fourth-order valence-corrected chi connectivity index (χ4v) is 4.20. The molecule has 0 aliphatic heterocycles. The van der Waals surface area contributed by atoms with E-state index in [1.165, 1.54) is 31.0 Å². The molecule has 1 saturated carbocycles. The van der Waals surface area contributed by atoms with Crippen LogP contribution in [0.1, 0.15) is 32.1 Å². The number of ether oxygens (including phenoxy) is 1. The molecule has 7 nitrogen and oxygen atoms in total. The van der Waals surface area contributed by atoms with Crippen LogP contribution in [-0.2, 0) is 4.79 Å². The van der Waals surface area contributed by atoms with Crippen molar-refractivity contribution in [2.75, 3.05) is 12.9 Å². The van der Waals surface area contributed by atoms with Crippen molar-refractivity contribution in [3.8, 4) is 17.0 Å². The highest BCUT2D eigenvalue weighted by atomic mass is 32.2. The zero-order chi connectivity index (χ0) is 19.3. The topological polar surface area (TPSA) is 81.4 Å². The van der Waals surface area contributed by atoms with Crippen molar-refractivity contribution in [2.45, 2.75) is 43.3 Å². The average Bonchev–Trinajstić information content (AvgIpc) is 3.15. The van der Waals surface area contributed by atoms with Gasteiger partial charge in [0.25, 0.3) is 0 Å². The number of carbonyl (C=O) groups excluding carboxylic acids is 1. The number of methoxy groups -OCH3 is 1.